The van der Waals surface area contributed by atoms with Gasteiger partial charge in [0.25, 0.3) is 0 Å². The minimum atomic E-state index is 0.495. The Morgan fingerprint density at radius 2 is 2.25 bits per heavy atom. The number of rotatable bonds is 2. The number of pyridine rings is 1. The number of hydrogen-bond acceptors (Lipinski definition) is 3. The van der Waals surface area contributed by atoms with E-state index in [4.69, 9.17) is 4.74 Å². The van der Waals surface area contributed by atoms with Gasteiger partial charge >= 0.3 is 0 Å². The second-order valence-electron chi connectivity index (χ2n) is 4.76. The van der Waals surface area contributed by atoms with E-state index < -0.39 is 0 Å². The summed E-state index contributed by atoms with van der Waals surface area (Å²) in [6.07, 6.45) is 7.30. The normalized spacial score (nSPS) is 33.4. The van der Waals surface area contributed by atoms with Gasteiger partial charge in [-0.15, -0.1) is 0 Å². The van der Waals surface area contributed by atoms with Gasteiger partial charge in [0.1, 0.15) is 5.82 Å². The first kappa shape index (κ1) is 10.1. The van der Waals surface area contributed by atoms with E-state index >= 15 is 0 Å². The minimum absolute atomic E-state index is 0.495. The molecule has 3 rings (SSSR count). The molecule has 1 aromatic heterocycles. The molecule has 1 aliphatic heterocycles. The van der Waals surface area contributed by atoms with E-state index in [0.717, 1.165) is 12.4 Å². The van der Waals surface area contributed by atoms with Crippen molar-refractivity contribution in [3.05, 3.63) is 24.4 Å². The van der Waals surface area contributed by atoms with Crippen LogP contribution in [0.1, 0.15) is 25.7 Å². The third-order valence-corrected chi connectivity index (χ3v) is 3.78. The summed E-state index contributed by atoms with van der Waals surface area (Å²) in [5.41, 5.74) is 0. The summed E-state index contributed by atoms with van der Waals surface area (Å²) in [6, 6.07) is 6.57. The average molecular weight is 218 g/mol. The van der Waals surface area contributed by atoms with Gasteiger partial charge in [-0.05, 0) is 37.8 Å². The van der Waals surface area contributed by atoms with E-state index in [1.165, 1.54) is 25.7 Å². The van der Waals surface area contributed by atoms with Gasteiger partial charge in [-0.3, -0.25) is 0 Å². The molecule has 0 unspecified atom stereocenters. The van der Waals surface area contributed by atoms with Crippen LogP contribution in [0, 0.1) is 5.92 Å². The molecular weight excluding hydrogens is 200 g/mol. The molecule has 3 heteroatoms. The fraction of sp³-hybridized carbons (Fsp3) is 0.615. The molecular formula is C13H18N2O. The van der Waals surface area contributed by atoms with Gasteiger partial charge in [-0.2, -0.15) is 0 Å². The molecule has 1 saturated carbocycles. The van der Waals surface area contributed by atoms with Gasteiger partial charge < -0.3 is 10.1 Å². The summed E-state index contributed by atoms with van der Waals surface area (Å²) in [6.45, 7) is 0.940. The van der Waals surface area contributed by atoms with Gasteiger partial charge in [0.05, 0.1) is 6.10 Å². The Labute approximate surface area is 96.2 Å². The second-order valence-corrected chi connectivity index (χ2v) is 4.76. The van der Waals surface area contributed by atoms with Crippen molar-refractivity contribution in [2.75, 3.05) is 11.9 Å². The Balaban J connectivity index is 1.70. The summed E-state index contributed by atoms with van der Waals surface area (Å²) in [5.74, 6) is 1.69. The first-order valence-corrected chi connectivity index (χ1v) is 6.22. The number of ether oxygens (including phenoxy) is 1. The summed E-state index contributed by atoms with van der Waals surface area (Å²) >= 11 is 0. The van der Waals surface area contributed by atoms with E-state index in [2.05, 4.69) is 10.3 Å². The topological polar surface area (TPSA) is 34.1 Å². The molecule has 3 atom stereocenters. The SMILES string of the molecule is c1ccc(N[C@@H]2CCC[C@H]3OCC[C@@H]23)nc1. The van der Waals surface area contributed by atoms with Crippen molar-refractivity contribution in [2.45, 2.75) is 37.8 Å². The van der Waals surface area contributed by atoms with E-state index in [9.17, 15) is 0 Å². The van der Waals surface area contributed by atoms with Gasteiger partial charge in [0.2, 0.25) is 0 Å². The molecule has 2 fully saturated rings. The fourth-order valence-corrected chi connectivity index (χ4v) is 2.99. The van der Waals surface area contributed by atoms with E-state index in [1.54, 1.807) is 0 Å². The van der Waals surface area contributed by atoms with Crippen molar-refractivity contribution in [1.82, 2.24) is 4.98 Å². The first-order valence-electron chi connectivity index (χ1n) is 6.22. The predicted octanol–water partition coefficient (Wildman–Crippen LogP) is 2.45. The maximum absolute atomic E-state index is 5.76. The minimum Gasteiger partial charge on any atom is -0.378 e. The van der Waals surface area contributed by atoms with E-state index in [-0.39, 0.29) is 0 Å². The van der Waals surface area contributed by atoms with Crippen LogP contribution in [0.3, 0.4) is 0 Å². The third-order valence-electron chi connectivity index (χ3n) is 3.78. The van der Waals surface area contributed by atoms with Crippen LogP contribution in [0.4, 0.5) is 5.82 Å². The van der Waals surface area contributed by atoms with Crippen LogP contribution in [0.5, 0.6) is 0 Å². The lowest BCUT2D eigenvalue weighted by molar-refractivity contribution is 0.0619. The maximum atomic E-state index is 5.76. The van der Waals surface area contributed by atoms with E-state index in [1.807, 2.05) is 24.4 Å². The maximum Gasteiger partial charge on any atom is 0.126 e. The first-order chi connectivity index (χ1) is 7.93. The highest BCUT2D eigenvalue weighted by atomic mass is 16.5. The Kier molecular flexibility index (Phi) is 2.79. The number of hydrogen-bond donors (Lipinski definition) is 1. The highest BCUT2D eigenvalue weighted by Crippen LogP contribution is 2.35. The lowest BCUT2D eigenvalue weighted by Gasteiger charge is -2.33. The molecule has 3 nitrogen and oxygen atoms in total. The highest BCUT2D eigenvalue weighted by molar-refractivity contribution is 5.35. The number of anilines is 1. The number of nitrogens with one attached hydrogen (secondary N) is 1. The number of nitrogens with zero attached hydrogens (tertiary/aromatic N) is 1. The number of aromatic nitrogens is 1. The molecule has 1 aliphatic carbocycles. The summed E-state index contributed by atoms with van der Waals surface area (Å²) in [5, 5.41) is 3.56. The zero-order valence-electron chi connectivity index (χ0n) is 9.43. The van der Waals surface area contributed by atoms with Gasteiger partial charge in [-0.1, -0.05) is 6.07 Å². The van der Waals surface area contributed by atoms with Crippen LogP contribution in [0.2, 0.25) is 0 Å². The Bertz CT molecular complexity index is 341. The predicted molar refractivity (Wildman–Crippen MR) is 63.3 cm³/mol. The Morgan fingerprint density at radius 1 is 1.25 bits per heavy atom. The third kappa shape index (κ3) is 1.92. The van der Waals surface area contributed by atoms with Gasteiger partial charge in [0, 0.05) is 24.8 Å². The Hall–Kier alpha value is -1.09. The quantitative estimate of drug-likeness (QED) is 0.828. The fourth-order valence-electron chi connectivity index (χ4n) is 2.99. The van der Waals surface area contributed by atoms with Crippen molar-refractivity contribution in [3.63, 3.8) is 0 Å². The van der Waals surface area contributed by atoms with Crippen molar-refractivity contribution >= 4 is 5.82 Å². The van der Waals surface area contributed by atoms with Crippen molar-refractivity contribution in [1.29, 1.82) is 0 Å². The smallest absolute Gasteiger partial charge is 0.126 e. The van der Waals surface area contributed by atoms with Gasteiger partial charge in [-0.25, -0.2) is 4.98 Å². The van der Waals surface area contributed by atoms with Crippen molar-refractivity contribution in [3.8, 4) is 0 Å². The molecule has 0 radical (unpaired) electrons. The molecule has 0 spiro atoms. The largest absolute Gasteiger partial charge is 0.378 e. The average Bonchev–Trinajstić information content (AvgIpc) is 2.80. The molecule has 1 aromatic rings. The van der Waals surface area contributed by atoms with Gasteiger partial charge in [0.15, 0.2) is 0 Å². The molecule has 2 aliphatic rings. The lowest BCUT2D eigenvalue weighted by Crippen LogP contribution is -2.38. The molecule has 86 valence electrons. The summed E-state index contributed by atoms with van der Waals surface area (Å²) in [4.78, 5) is 4.34. The monoisotopic (exact) mass is 218 g/mol. The van der Waals surface area contributed by atoms with E-state index in [0.29, 0.717) is 18.1 Å². The lowest BCUT2D eigenvalue weighted by atomic mass is 9.82. The molecule has 0 bridgehead atoms. The molecule has 0 aromatic carbocycles. The van der Waals surface area contributed by atoms with Crippen LogP contribution in [-0.2, 0) is 4.74 Å². The van der Waals surface area contributed by atoms with Crippen LogP contribution < -0.4 is 5.32 Å². The van der Waals surface area contributed by atoms with Crippen LogP contribution in [0.15, 0.2) is 24.4 Å². The van der Waals surface area contributed by atoms with Crippen molar-refractivity contribution < 1.29 is 4.74 Å². The highest BCUT2D eigenvalue weighted by Gasteiger charge is 2.37. The number of fused-ring (bicyclic) bond motifs is 1. The molecule has 1 saturated heterocycles. The molecule has 0 amide bonds. The molecule has 16 heavy (non-hydrogen) atoms. The Morgan fingerprint density at radius 3 is 3.12 bits per heavy atom. The van der Waals surface area contributed by atoms with Crippen LogP contribution in [0.25, 0.3) is 0 Å². The zero-order chi connectivity index (χ0) is 10.8. The standard InChI is InChI=1S/C13H18N2O/c1-2-8-14-13(6-1)15-11-4-3-5-12-10(11)7-9-16-12/h1-2,6,8,10-12H,3-5,7,9H2,(H,14,15)/t10-,11+,12+/m0/s1. The zero-order valence-corrected chi connectivity index (χ0v) is 9.43. The van der Waals surface area contributed by atoms with Crippen molar-refractivity contribution in [2.24, 2.45) is 5.92 Å². The summed E-state index contributed by atoms with van der Waals surface area (Å²) in [7, 11) is 0. The summed E-state index contributed by atoms with van der Waals surface area (Å²) < 4.78 is 5.76. The van der Waals surface area contributed by atoms with Crippen LogP contribution >= 0.6 is 0 Å². The van der Waals surface area contributed by atoms with Crippen LogP contribution in [-0.4, -0.2) is 23.7 Å². The second kappa shape index (κ2) is 4.42. The molecule has 1 N–H and O–H groups in total. The molecule has 2 heterocycles.